The molecule has 0 spiro atoms. The molecule has 2 N–H and O–H groups in total. The molecule has 164 valence electrons. The van der Waals surface area contributed by atoms with Crippen molar-refractivity contribution in [2.75, 3.05) is 0 Å². The molecule has 7 heteroatoms. The Hall–Kier alpha value is -3.22. The molecule has 1 aromatic carbocycles. The average Bonchev–Trinajstić information content (AvgIpc) is 3.25. The van der Waals surface area contributed by atoms with Gasteiger partial charge >= 0.3 is 0 Å². The first-order valence-electron chi connectivity index (χ1n) is 10.8. The second kappa shape index (κ2) is 10.2. The Morgan fingerprint density at radius 3 is 2.74 bits per heavy atom. The Labute approximate surface area is 181 Å². The van der Waals surface area contributed by atoms with Crippen molar-refractivity contribution in [2.45, 2.75) is 58.4 Å². The number of hydrogen-bond donors (Lipinski definition) is 2. The van der Waals surface area contributed by atoms with Gasteiger partial charge in [-0.05, 0) is 36.4 Å². The van der Waals surface area contributed by atoms with Crippen LogP contribution in [0.25, 0.3) is 22.0 Å². The summed E-state index contributed by atoms with van der Waals surface area (Å²) >= 11 is 0. The molecule has 2 heterocycles. The lowest BCUT2D eigenvalue weighted by Gasteiger charge is -2.15. The minimum absolute atomic E-state index is 0.0271. The van der Waals surface area contributed by atoms with E-state index in [9.17, 15) is 14.4 Å². The zero-order chi connectivity index (χ0) is 22.4. The summed E-state index contributed by atoms with van der Waals surface area (Å²) in [6, 6.07) is 7.41. The molecule has 3 rings (SSSR count). The summed E-state index contributed by atoms with van der Waals surface area (Å²) in [4.78, 5) is 43.2. The molecule has 2 aromatic heterocycles. The number of benzene rings is 1. The predicted molar refractivity (Wildman–Crippen MR) is 122 cm³/mol. The number of H-pyrrole nitrogens is 1. The van der Waals surface area contributed by atoms with Gasteiger partial charge in [-0.15, -0.1) is 0 Å². The van der Waals surface area contributed by atoms with Crippen molar-refractivity contribution in [3.63, 3.8) is 0 Å². The lowest BCUT2D eigenvalue weighted by atomic mass is 10.0. The minimum Gasteiger partial charge on any atom is -0.346 e. The molecule has 0 aliphatic heterocycles. The number of ketones is 1. The lowest BCUT2D eigenvalue weighted by molar-refractivity contribution is -0.120. The fraction of sp³-hybridized carbons (Fsp3) is 0.417. The number of imidazole rings is 1. The summed E-state index contributed by atoms with van der Waals surface area (Å²) in [6.45, 7) is 3.39. The highest BCUT2D eigenvalue weighted by Crippen LogP contribution is 2.25. The number of fused-ring (bicyclic) bond motifs is 1. The average molecular weight is 423 g/mol. The Balaban J connectivity index is 1.73. The van der Waals surface area contributed by atoms with Crippen LogP contribution in [0.1, 0.15) is 64.2 Å². The maximum Gasteiger partial charge on any atom is 0.258 e. The van der Waals surface area contributed by atoms with Gasteiger partial charge < -0.3 is 14.9 Å². The van der Waals surface area contributed by atoms with Crippen molar-refractivity contribution in [1.29, 1.82) is 0 Å². The standard InChI is InChI=1S/C24H30N4O3/c1-4-19(30)8-6-5-7-9-21(26-16(2)29)23-25-15-22(27-23)18-10-11-20-17(14-18)12-13-28(3)24(20)31/h10-15,21H,4-9H2,1-3H3,(H,25,27)(H,26,29)/t21-/m0/s1. The Morgan fingerprint density at radius 1 is 1.19 bits per heavy atom. The lowest BCUT2D eigenvalue weighted by Crippen LogP contribution is -2.26. The fourth-order valence-corrected chi connectivity index (χ4v) is 3.72. The third-order valence-electron chi connectivity index (χ3n) is 5.54. The highest BCUT2D eigenvalue weighted by atomic mass is 16.1. The van der Waals surface area contributed by atoms with E-state index in [2.05, 4.69) is 15.3 Å². The largest absolute Gasteiger partial charge is 0.346 e. The van der Waals surface area contributed by atoms with Crippen molar-refractivity contribution in [2.24, 2.45) is 7.05 Å². The van der Waals surface area contributed by atoms with Crippen LogP contribution in [0.15, 0.2) is 41.5 Å². The van der Waals surface area contributed by atoms with E-state index in [1.54, 1.807) is 24.0 Å². The van der Waals surface area contributed by atoms with Crippen LogP contribution >= 0.6 is 0 Å². The summed E-state index contributed by atoms with van der Waals surface area (Å²) < 4.78 is 1.56. The van der Waals surface area contributed by atoms with Crippen LogP contribution in [0.5, 0.6) is 0 Å². The zero-order valence-electron chi connectivity index (χ0n) is 18.4. The molecule has 0 bridgehead atoms. The molecule has 0 saturated carbocycles. The summed E-state index contributed by atoms with van der Waals surface area (Å²) in [5, 5.41) is 4.52. The van der Waals surface area contributed by atoms with Gasteiger partial charge in [0.25, 0.3) is 5.56 Å². The summed E-state index contributed by atoms with van der Waals surface area (Å²) in [5.74, 6) is 0.895. The van der Waals surface area contributed by atoms with Crippen LogP contribution in [-0.2, 0) is 16.6 Å². The van der Waals surface area contributed by atoms with Crippen LogP contribution in [0.4, 0.5) is 0 Å². The third-order valence-corrected chi connectivity index (χ3v) is 5.54. The van der Waals surface area contributed by atoms with Crippen molar-refractivity contribution in [3.05, 3.63) is 52.8 Å². The van der Waals surface area contributed by atoms with E-state index in [-0.39, 0.29) is 17.5 Å². The maximum atomic E-state index is 12.3. The number of pyridine rings is 1. The highest BCUT2D eigenvalue weighted by Gasteiger charge is 2.17. The van der Waals surface area contributed by atoms with E-state index in [4.69, 9.17) is 0 Å². The Morgan fingerprint density at radius 2 is 2.00 bits per heavy atom. The van der Waals surface area contributed by atoms with Gasteiger partial charge in [0.15, 0.2) is 0 Å². The van der Waals surface area contributed by atoms with Gasteiger partial charge in [-0.3, -0.25) is 14.4 Å². The number of nitrogens with zero attached hydrogens (tertiary/aromatic N) is 2. The number of nitrogens with one attached hydrogen (secondary N) is 2. The number of amides is 1. The zero-order valence-corrected chi connectivity index (χ0v) is 18.4. The number of Topliss-reactive ketones (excluding diaryl/α,β-unsaturated/α-hetero) is 1. The molecule has 1 amide bonds. The molecule has 3 aromatic rings. The van der Waals surface area contributed by atoms with Crippen LogP contribution < -0.4 is 10.9 Å². The van der Waals surface area contributed by atoms with Gasteiger partial charge in [-0.2, -0.15) is 0 Å². The molecule has 0 fully saturated rings. The minimum atomic E-state index is -0.208. The second-order valence-electron chi connectivity index (χ2n) is 7.96. The van der Waals surface area contributed by atoms with Gasteiger partial charge in [0.1, 0.15) is 11.6 Å². The van der Waals surface area contributed by atoms with E-state index < -0.39 is 0 Å². The molecule has 0 aliphatic rings. The summed E-state index contributed by atoms with van der Waals surface area (Å²) in [7, 11) is 1.74. The number of hydrogen-bond acceptors (Lipinski definition) is 4. The number of aryl methyl sites for hydroxylation is 1. The summed E-state index contributed by atoms with van der Waals surface area (Å²) in [6.07, 6.45) is 8.19. The van der Waals surface area contributed by atoms with Gasteiger partial charge in [0.05, 0.1) is 17.9 Å². The van der Waals surface area contributed by atoms with Crippen molar-refractivity contribution < 1.29 is 9.59 Å². The number of aromatic nitrogens is 3. The third kappa shape index (κ3) is 5.69. The van der Waals surface area contributed by atoms with Gasteiger partial charge in [-0.1, -0.05) is 25.8 Å². The monoisotopic (exact) mass is 422 g/mol. The van der Waals surface area contributed by atoms with Crippen molar-refractivity contribution in [3.8, 4) is 11.3 Å². The SMILES string of the molecule is CCC(=O)CCCCC[C@H](NC(C)=O)c1ncc(-c2ccc3c(=O)n(C)ccc3c2)[nH]1. The van der Waals surface area contributed by atoms with Crippen LogP contribution in [0.3, 0.4) is 0 Å². The molecule has 31 heavy (non-hydrogen) atoms. The van der Waals surface area contributed by atoms with E-state index in [1.165, 1.54) is 6.92 Å². The van der Waals surface area contributed by atoms with E-state index in [1.807, 2.05) is 31.2 Å². The normalized spacial score (nSPS) is 12.1. The number of carbonyl (C=O) groups is 2. The number of carbonyl (C=O) groups excluding carboxylic acids is 2. The number of unbranched alkanes of at least 4 members (excludes halogenated alkanes) is 2. The highest BCUT2D eigenvalue weighted by molar-refractivity contribution is 5.86. The Kier molecular flexibility index (Phi) is 7.39. The first-order chi connectivity index (χ1) is 14.9. The van der Waals surface area contributed by atoms with Crippen LogP contribution in [-0.4, -0.2) is 26.2 Å². The van der Waals surface area contributed by atoms with Crippen LogP contribution in [0.2, 0.25) is 0 Å². The fourth-order valence-electron chi connectivity index (χ4n) is 3.72. The van der Waals surface area contributed by atoms with Gasteiger partial charge in [-0.25, -0.2) is 4.98 Å². The van der Waals surface area contributed by atoms with E-state index in [0.717, 1.165) is 42.3 Å². The molecule has 0 saturated heterocycles. The molecule has 7 nitrogen and oxygen atoms in total. The molecule has 1 atom stereocenters. The molecule has 0 radical (unpaired) electrons. The van der Waals surface area contributed by atoms with E-state index >= 15 is 0 Å². The molecule has 0 unspecified atom stereocenters. The van der Waals surface area contributed by atoms with Crippen molar-refractivity contribution in [1.82, 2.24) is 19.9 Å². The molecular formula is C24H30N4O3. The summed E-state index contributed by atoms with van der Waals surface area (Å²) in [5.41, 5.74) is 1.74. The Bertz CT molecular complexity index is 1130. The second-order valence-corrected chi connectivity index (χ2v) is 7.96. The van der Waals surface area contributed by atoms with Gasteiger partial charge in [0, 0.05) is 44.0 Å². The maximum absolute atomic E-state index is 12.3. The number of aromatic amines is 1. The predicted octanol–water partition coefficient (Wildman–Crippen LogP) is 4.04. The van der Waals surface area contributed by atoms with Crippen LogP contribution in [0, 0.1) is 0 Å². The first kappa shape index (κ1) is 22.5. The quantitative estimate of drug-likeness (QED) is 0.482. The smallest absolute Gasteiger partial charge is 0.258 e. The molecule has 0 aliphatic carbocycles. The van der Waals surface area contributed by atoms with E-state index in [0.29, 0.717) is 29.8 Å². The number of rotatable bonds is 10. The topological polar surface area (TPSA) is 96.8 Å². The van der Waals surface area contributed by atoms with Crippen molar-refractivity contribution >= 4 is 22.5 Å². The first-order valence-corrected chi connectivity index (χ1v) is 10.8. The molecular weight excluding hydrogens is 392 g/mol. The van der Waals surface area contributed by atoms with Gasteiger partial charge in [0.2, 0.25) is 5.91 Å².